The Morgan fingerprint density at radius 1 is 1.67 bits per heavy atom. The Morgan fingerprint density at radius 2 is 2.50 bits per heavy atom. The lowest BCUT2D eigenvalue weighted by Gasteiger charge is -1.93. The lowest BCUT2D eigenvalue weighted by molar-refractivity contribution is 0.706. The molecule has 1 aliphatic carbocycles. The molecule has 0 saturated heterocycles. The van der Waals surface area contributed by atoms with Crippen LogP contribution >= 0.6 is 20.7 Å². The molecule has 0 aliphatic heterocycles. The summed E-state index contributed by atoms with van der Waals surface area (Å²) in [5.74, 6) is 0.741. The van der Waals surface area contributed by atoms with Crippen LogP contribution < -0.4 is 5.32 Å². The molecular formula is C9H17IN2. The van der Waals surface area contributed by atoms with Crippen LogP contribution in [0, 0.1) is 5.92 Å². The van der Waals surface area contributed by atoms with Crippen LogP contribution in [0.4, 0.5) is 0 Å². The minimum atomic E-state index is 0.258. The molecule has 1 rings (SSSR count). The van der Waals surface area contributed by atoms with Crippen molar-refractivity contribution in [2.75, 3.05) is 11.1 Å². The van der Waals surface area contributed by atoms with E-state index in [0.29, 0.717) is 0 Å². The van der Waals surface area contributed by atoms with E-state index < -0.39 is 0 Å². The van der Waals surface area contributed by atoms with E-state index in [1.165, 1.54) is 6.42 Å². The molecule has 0 aromatic heterocycles. The number of aliphatic imine (C=N–C) groups is 1. The first-order valence-electron chi connectivity index (χ1n) is 4.47. The third kappa shape index (κ3) is 3.76. The highest BCUT2D eigenvalue weighted by molar-refractivity contribution is 14.2. The molecule has 1 fully saturated rings. The molecule has 0 aromatic rings. The molecule has 1 aliphatic rings. The molecule has 0 aromatic carbocycles. The fourth-order valence-electron chi connectivity index (χ4n) is 1.16. The van der Waals surface area contributed by atoms with Crippen LogP contribution in [0.3, 0.4) is 0 Å². The van der Waals surface area contributed by atoms with E-state index in [-0.39, 0.29) is 20.7 Å². The monoisotopic (exact) mass is 280 g/mol. The molecular weight excluding hydrogens is 263 g/mol. The standard InChI is InChI=1S/C9H17IN2/c1-3-10-7-11-6-8-5-9(8)12-4-2/h3,6,8-9,12H,4-5,7H2,1-2H3. The molecule has 2 atom stereocenters. The van der Waals surface area contributed by atoms with Gasteiger partial charge in [-0.3, -0.25) is 4.99 Å². The molecule has 0 spiro atoms. The zero-order valence-electron chi connectivity index (χ0n) is 7.76. The number of hydrogen-bond acceptors (Lipinski definition) is 2. The van der Waals surface area contributed by atoms with Crippen molar-refractivity contribution in [2.45, 2.75) is 26.3 Å². The topological polar surface area (TPSA) is 24.4 Å². The molecule has 3 heteroatoms. The van der Waals surface area contributed by atoms with Crippen molar-refractivity contribution in [1.82, 2.24) is 5.32 Å². The van der Waals surface area contributed by atoms with Crippen molar-refractivity contribution in [3.8, 4) is 0 Å². The van der Waals surface area contributed by atoms with Gasteiger partial charge in [0.1, 0.15) is 0 Å². The summed E-state index contributed by atoms with van der Waals surface area (Å²) < 4.78 is 3.34. The quantitative estimate of drug-likeness (QED) is 0.353. The predicted molar refractivity (Wildman–Crippen MR) is 64.7 cm³/mol. The number of rotatable bonds is 5. The Hall–Kier alpha value is 0.230. The minimum Gasteiger partial charge on any atom is -0.314 e. The highest BCUT2D eigenvalue weighted by atomic mass is 127. The molecule has 1 N–H and O–H groups in total. The van der Waals surface area contributed by atoms with Gasteiger partial charge in [0.05, 0.1) is 4.55 Å². The summed E-state index contributed by atoms with van der Waals surface area (Å²) in [4.78, 5) is 4.41. The van der Waals surface area contributed by atoms with Crippen LogP contribution in [0.1, 0.15) is 20.3 Å². The van der Waals surface area contributed by atoms with E-state index in [4.69, 9.17) is 0 Å². The number of nitrogens with one attached hydrogen (secondary N) is 1. The van der Waals surface area contributed by atoms with E-state index in [2.05, 4.69) is 34.4 Å². The fraction of sp³-hybridized carbons (Fsp3) is 0.778. The molecule has 0 heterocycles. The second kappa shape index (κ2) is 5.80. The Morgan fingerprint density at radius 3 is 3.17 bits per heavy atom. The highest BCUT2D eigenvalue weighted by Gasteiger charge is 2.34. The van der Waals surface area contributed by atoms with Gasteiger partial charge in [0.15, 0.2) is 0 Å². The van der Waals surface area contributed by atoms with Crippen LogP contribution in [0.25, 0.3) is 0 Å². The van der Waals surface area contributed by atoms with Gasteiger partial charge in [0, 0.05) is 18.2 Å². The van der Waals surface area contributed by atoms with Crippen molar-refractivity contribution in [2.24, 2.45) is 10.9 Å². The zero-order chi connectivity index (χ0) is 8.81. The summed E-state index contributed by atoms with van der Waals surface area (Å²) in [5.41, 5.74) is 0. The lowest BCUT2D eigenvalue weighted by Crippen LogP contribution is -2.17. The van der Waals surface area contributed by atoms with Gasteiger partial charge in [-0.25, -0.2) is 0 Å². The Kier molecular flexibility index (Phi) is 4.99. The summed E-state index contributed by atoms with van der Waals surface area (Å²) in [6.07, 6.45) is 3.45. The van der Waals surface area contributed by atoms with Crippen LogP contribution in [-0.2, 0) is 0 Å². The second-order valence-electron chi connectivity index (χ2n) is 2.89. The molecule has 12 heavy (non-hydrogen) atoms. The molecule has 0 radical (unpaired) electrons. The van der Waals surface area contributed by atoms with Gasteiger partial charge in [-0.05, 0) is 19.9 Å². The van der Waals surface area contributed by atoms with Crippen molar-refractivity contribution in [1.29, 1.82) is 0 Å². The molecule has 1 saturated carbocycles. The summed E-state index contributed by atoms with van der Waals surface area (Å²) in [6.45, 7) is 5.37. The highest BCUT2D eigenvalue weighted by Crippen LogP contribution is 2.27. The second-order valence-corrected chi connectivity index (χ2v) is 5.70. The maximum atomic E-state index is 4.41. The van der Waals surface area contributed by atoms with E-state index >= 15 is 0 Å². The lowest BCUT2D eigenvalue weighted by atomic mass is 10.4. The smallest absolute Gasteiger partial charge is 0.0849 e. The number of alkyl halides is 1. The molecule has 2 nitrogen and oxygen atoms in total. The van der Waals surface area contributed by atoms with E-state index in [9.17, 15) is 0 Å². The Bertz CT molecular complexity index is 177. The largest absolute Gasteiger partial charge is 0.314 e. The first-order valence-corrected chi connectivity index (χ1v) is 7.24. The number of hydrogen-bond donors (Lipinski definition) is 1. The van der Waals surface area contributed by atoms with Crippen molar-refractivity contribution in [3.05, 3.63) is 0 Å². The summed E-state index contributed by atoms with van der Waals surface area (Å²) >= 11 is 0.258. The van der Waals surface area contributed by atoms with Gasteiger partial charge in [0.2, 0.25) is 0 Å². The summed E-state index contributed by atoms with van der Waals surface area (Å²) in [5, 5.41) is 3.42. The molecule has 0 bridgehead atoms. The first-order chi connectivity index (χ1) is 5.88. The van der Waals surface area contributed by atoms with E-state index in [0.717, 1.165) is 23.1 Å². The van der Waals surface area contributed by atoms with Gasteiger partial charge in [0.25, 0.3) is 0 Å². The van der Waals surface area contributed by atoms with Crippen molar-refractivity contribution in [3.63, 3.8) is 0 Å². The SMILES string of the molecule is CC=ICN=CC1CC1NCC. The van der Waals surface area contributed by atoms with Crippen molar-refractivity contribution < 1.29 is 0 Å². The molecule has 0 amide bonds. The number of halogens is 1. The van der Waals surface area contributed by atoms with Crippen LogP contribution in [0.15, 0.2) is 4.99 Å². The van der Waals surface area contributed by atoms with Gasteiger partial charge >= 0.3 is 0 Å². The van der Waals surface area contributed by atoms with Gasteiger partial charge in [-0.1, -0.05) is 10.9 Å². The van der Waals surface area contributed by atoms with Gasteiger partial charge in [-0.15, -0.1) is 20.7 Å². The maximum absolute atomic E-state index is 4.41. The van der Waals surface area contributed by atoms with Gasteiger partial charge in [-0.2, -0.15) is 0 Å². The molecule has 2 unspecified atom stereocenters. The average Bonchev–Trinajstić information content (AvgIpc) is 2.79. The van der Waals surface area contributed by atoms with Crippen molar-refractivity contribution >= 4 is 31.0 Å². The van der Waals surface area contributed by atoms with Crippen LogP contribution in [0.2, 0.25) is 0 Å². The Balaban J connectivity index is 2.06. The zero-order valence-corrected chi connectivity index (χ0v) is 9.91. The van der Waals surface area contributed by atoms with E-state index in [1.54, 1.807) is 0 Å². The predicted octanol–water partition coefficient (Wildman–Crippen LogP) is 1.81. The fourth-order valence-corrected chi connectivity index (χ4v) is 2.01. The number of nitrogens with zero attached hydrogens (tertiary/aromatic N) is 1. The summed E-state index contributed by atoms with van der Waals surface area (Å²) in [7, 11) is 0. The van der Waals surface area contributed by atoms with Crippen LogP contribution in [0.5, 0.6) is 0 Å². The maximum Gasteiger partial charge on any atom is 0.0849 e. The first kappa shape index (κ1) is 10.3. The Labute approximate surface area is 84.6 Å². The normalized spacial score (nSPS) is 29.5. The van der Waals surface area contributed by atoms with Gasteiger partial charge < -0.3 is 5.32 Å². The third-order valence-electron chi connectivity index (χ3n) is 1.90. The average molecular weight is 280 g/mol. The summed E-state index contributed by atoms with van der Waals surface area (Å²) in [6, 6.07) is 0.738. The molecule has 70 valence electrons. The third-order valence-corrected chi connectivity index (χ3v) is 3.56. The van der Waals surface area contributed by atoms with E-state index in [1.807, 2.05) is 0 Å². The minimum absolute atomic E-state index is 0.258. The van der Waals surface area contributed by atoms with Crippen LogP contribution in [-0.4, -0.2) is 27.4 Å².